The Morgan fingerprint density at radius 3 is 2.00 bits per heavy atom. The lowest BCUT2D eigenvalue weighted by molar-refractivity contribution is 0.0496. The van der Waals surface area contributed by atoms with E-state index in [0.29, 0.717) is 17.9 Å². The summed E-state index contributed by atoms with van der Waals surface area (Å²) in [4.78, 5) is 11.7. The largest absolute Gasteiger partial charge is 0.435 e. The minimum Gasteiger partial charge on any atom is -0.435 e. The molecular formula is C8H2Br4O5S. The van der Waals surface area contributed by atoms with E-state index in [4.69, 9.17) is 4.55 Å². The molecule has 98 valence electrons. The second-order valence-corrected chi connectivity index (χ2v) is 7.93. The van der Waals surface area contributed by atoms with E-state index < -0.39 is 21.5 Å². The van der Waals surface area contributed by atoms with Gasteiger partial charge < -0.3 is 4.74 Å². The fourth-order valence-electron chi connectivity index (χ4n) is 1.49. The van der Waals surface area contributed by atoms with Gasteiger partial charge in [-0.3, -0.25) is 4.55 Å². The lowest BCUT2D eigenvalue weighted by Gasteiger charge is -2.11. The van der Waals surface area contributed by atoms with Gasteiger partial charge in [-0.15, -0.1) is 0 Å². The van der Waals surface area contributed by atoms with Crippen molar-refractivity contribution in [2.24, 2.45) is 0 Å². The van der Waals surface area contributed by atoms with Crippen molar-refractivity contribution in [3.63, 3.8) is 0 Å². The molecule has 1 atom stereocenters. The average Bonchev–Trinajstić information content (AvgIpc) is 2.61. The van der Waals surface area contributed by atoms with Crippen LogP contribution in [0, 0.1) is 0 Å². The summed E-state index contributed by atoms with van der Waals surface area (Å²) in [5.41, 5.74) is -1.61. The zero-order valence-electron chi connectivity index (χ0n) is 8.08. The summed E-state index contributed by atoms with van der Waals surface area (Å²) in [7, 11) is -4.55. The van der Waals surface area contributed by atoms with Gasteiger partial charge in [-0.25, -0.2) is 4.79 Å². The number of hydrogen-bond donors (Lipinski definition) is 1. The molecule has 18 heavy (non-hydrogen) atoms. The molecule has 1 unspecified atom stereocenters. The summed E-state index contributed by atoms with van der Waals surface area (Å²) in [6.07, 6.45) is 0. The Kier molecular flexibility index (Phi) is 3.99. The maximum atomic E-state index is 11.7. The molecule has 1 heterocycles. The number of halogens is 4. The van der Waals surface area contributed by atoms with Crippen LogP contribution in [0.5, 0.6) is 0 Å². The van der Waals surface area contributed by atoms with Crippen LogP contribution in [-0.4, -0.2) is 18.9 Å². The van der Waals surface area contributed by atoms with Gasteiger partial charge in [0.05, 0.1) is 5.56 Å². The highest BCUT2D eigenvalue weighted by atomic mass is 79.9. The summed E-state index contributed by atoms with van der Waals surface area (Å²) in [6, 6.07) is 0. The Bertz CT molecular complexity index is 669. The Labute approximate surface area is 136 Å². The number of cyclic esters (lactones) is 1. The number of carbonyl (C=O) groups excluding carboxylic acids is 1. The van der Waals surface area contributed by atoms with E-state index in [0.717, 1.165) is 0 Å². The third-order valence-corrected chi connectivity index (χ3v) is 7.90. The third kappa shape index (κ3) is 2.20. The number of ether oxygens (including phenoxy) is 1. The van der Waals surface area contributed by atoms with Gasteiger partial charge in [0.1, 0.15) is 0 Å². The molecule has 0 saturated carbocycles. The van der Waals surface area contributed by atoms with Crippen molar-refractivity contribution in [2.45, 2.75) is 5.44 Å². The van der Waals surface area contributed by atoms with Gasteiger partial charge in [0.2, 0.25) is 0 Å². The van der Waals surface area contributed by atoms with Crippen molar-refractivity contribution in [3.05, 3.63) is 29.0 Å². The number of carbonyl (C=O) groups is 1. The third-order valence-electron chi connectivity index (χ3n) is 2.23. The van der Waals surface area contributed by atoms with E-state index in [1.165, 1.54) is 0 Å². The van der Waals surface area contributed by atoms with E-state index in [1.54, 1.807) is 0 Å². The van der Waals surface area contributed by atoms with E-state index >= 15 is 0 Å². The predicted molar refractivity (Wildman–Crippen MR) is 76.9 cm³/mol. The van der Waals surface area contributed by atoms with Crippen LogP contribution in [0.15, 0.2) is 17.9 Å². The van der Waals surface area contributed by atoms with Crippen LogP contribution in [0.2, 0.25) is 0 Å². The number of esters is 1. The topological polar surface area (TPSA) is 80.7 Å². The Morgan fingerprint density at radius 2 is 1.50 bits per heavy atom. The highest BCUT2D eigenvalue weighted by Gasteiger charge is 2.44. The quantitative estimate of drug-likeness (QED) is 0.259. The van der Waals surface area contributed by atoms with Crippen molar-refractivity contribution in [1.82, 2.24) is 0 Å². The highest BCUT2D eigenvalue weighted by Crippen LogP contribution is 2.49. The summed E-state index contributed by atoms with van der Waals surface area (Å²) >= 11 is 12.8. The molecule has 0 radical (unpaired) electrons. The van der Waals surface area contributed by atoms with Crippen LogP contribution in [0.3, 0.4) is 0 Å². The van der Waals surface area contributed by atoms with Crippen LogP contribution < -0.4 is 0 Å². The van der Waals surface area contributed by atoms with Crippen molar-refractivity contribution in [3.8, 4) is 0 Å². The maximum absolute atomic E-state index is 11.7. The Morgan fingerprint density at radius 1 is 1.00 bits per heavy atom. The fraction of sp³-hybridized carbons (Fsp3) is 0.125. The molecule has 1 aliphatic heterocycles. The minimum absolute atomic E-state index is 0.0552. The molecule has 0 bridgehead atoms. The first kappa shape index (κ1) is 14.9. The lowest BCUT2D eigenvalue weighted by Crippen LogP contribution is -2.12. The molecule has 1 N–H and O–H groups in total. The zero-order valence-corrected chi connectivity index (χ0v) is 15.2. The molecule has 2 rings (SSSR count). The van der Waals surface area contributed by atoms with Crippen LogP contribution in [-0.2, 0) is 14.9 Å². The van der Waals surface area contributed by atoms with Gasteiger partial charge in [0.15, 0.2) is 0 Å². The van der Waals surface area contributed by atoms with Crippen molar-refractivity contribution in [2.75, 3.05) is 0 Å². The molecule has 1 aromatic carbocycles. The Hall–Kier alpha value is 0.520. The van der Waals surface area contributed by atoms with Gasteiger partial charge in [-0.1, -0.05) is 0 Å². The molecule has 1 aliphatic rings. The van der Waals surface area contributed by atoms with Crippen molar-refractivity contribution in [1.29, 1.82) is 0 Å². The molecule has 0 aromatic heterocycles. The van der Waals surface area contributed by atoms with Crippen LogP contribution >= 0.6 is 63.7 Å². The number of rotatable bonds is 1. The summed E-state index contributed by atoms with van der Waals surface area (Å²) in [5, 5.41) is 0. The molecule has 0 fully saturated rings. The second kappa shape index (κ2) is 4.81. The fourth-order valence-corrected chi connectivity index (χ4v) is 4.91. The minimum atomic E-state index is -4.55. The van der Waals surface area contributed by atoms with E-state index in [9.17, 15) is 13.2 Å². The van der Waals surface area contributed by atoms with Crippen LogP contribution in [0.25, 0.3) is 0 Å². The maximum Gasteiger partial charge on any atom is 0.341 e. The number of benzene rings is 1. The van der Waals surface area contributed by atoms with Gasteiger partial charge in [0, 0.05) is 23.5 Å². The van der Waals surface area contributed by atoms with E-state index in [1.807, 2.05) is 0 Å². The van der Waals surface area contributed by atoms with Gasteiger partial charge in [-0.05, 0) is 63.7 Å². The summed E-state index contributed by atoms with van der Waals surface area (Å²) in [6.45, 7) is 0. The van der Waals surface area contributed by atoms with Crippen LogP contribution in [0.4, 0.5) is 0 Å². The monoisotopic (exact) mass is 526 g/mol. The lowest BCUT2D eigenvalue weighted by atomic mass is 10.1. The smallest absolute Gasteiger partial charge is 0.341 e. The van der Waals surface area contributed by atoms with Gasteiger partial charge in [-0.2, -0.15) is 8.42 Å². The molecular weight excluding hydrogens is 528 g/mol. The molecule has 0 spiro atoms. The first-order chi connectivity index (χ1) is 8.16. The molecule has 1 aromatic rings. The van der Waals surface area contributed by atoms with Gasteiger partial charge >= 0.3 is 16.1 Å². The Balaban J connectivity index is 2.88. The SMILES string of the molecule is O=C1OC(S(=O)(=O)O)c2c(Br)c(Br)c(Br)c(Br)c21. The number of hydrogen-bond acceptors (Lipinski definition) is 4. The van der Waals surface area contributed by atoms with Crippen molar-refractivity contribution < 1.29 is 22.5 Å². The molecule has 5 nitrogen and oxygen atoms in total. The van der Waals surface area contributed by atoms with E-state index in [-0.39, 0.29) is 11.1 Å². The first-order valence-corrected chi connectivity index (χ1v) is 8.87. The summed E-state index contributed by atoms with van der Waals surface area (Å²) < 4.78 is 37.9. The molecule has 10 heteroatoms. The van der Waals surface area contributed by atoms with Gasteiger partial charge in [0.25, 0.3) is 5.44 Å². The normalized spacial score (nSPS) is 18.7. The molecule has 0 amide bonds. The summed E-state index contributed by atoms with van der Waals surface area (Å²) in [5.74, 6) is -0.826. The number of fused-ring (bicyclic) bond motifs is 1. The van der Waals surface area contributed by atoms with Crippen molar-refractivity contribution >= 4 is 79.8 Å². The zero-order chi connectivity index (χ0) is 13.8. The highest BCUT2D eigenvalue weighted by molar-refractivity contribution is 9.15. The average molecular weight is 530 g/mol. The second-order valence-electron chi connectivity index (χ2n) is 3.30. The standard InChI is InChI=1S/C8H2Br4O5S/c9-3-1-2(4(10)6(12)5(3)11)8(17-7(1)13)18(14,15)16/h8H,(H,14,15,16). The van der Waals surface area contributed by atoms with E-state index in [2.05, 4.69) is 68.5 Å². The van der Waals surface area contributed by atoms with Crippen LogP contribution in [0.1, 0.15) is 21.4 Å². The molecule has 0 aliphatic carbocycles. The molecule has 0 saturated heterocycles. The first-order valence-electron chi connectivity index (χ1n) is 4.19. The predicted octanol–water partition coefficient (Wildman–Crippen LogP) is 3.79.